The molecule has 1 N–H and O–H groups in total. The van der Waals surface area contributed by atoms with Gasteiger partial charge in [0.15, 0.2) is 5.78 Å². The number of aromatic amines is 1. The second-order valence-corrected chi connectivity index (χ2v) is 5.65. The first-order valence-corrected chi connectivity index (χ1v) is 8.23. The number of rotatable bonds is 7. The standard InChI is InChI=1S/C20H23NO5/c1-6-26-20(23)19-12(2)18(13(3)21-19)16(22)10-8-14-7-9-15(24-4)11-17(14)25-5/h7-11,21H,6H2,1-5H3. The Kier molecular flexibility index (Phi) is 6.22. The van der Waals surface area contributed by atoms with Gasteiger partial charge in [0.2, 0.25) is 0 Å². The number of aromatic nitrogens is 1. The largest absolute Gasteiger partial charge is 0.497 e. The lowest BCUT2D eigenvalue weighted by Crippen LogP contribution is -2.07. The van der Waals surface area contributed by atoms with E-state index in [0.29, 0.717) is 34.0 Å². The Morgan fingerprint density at radius 1 is 1.15 bits per heavy atom. The molecule has 0 spiro atoms. The number of allylic oxidation sites excluding steroid dienone is 1. The number of carbonyl (C=O) groups is 2. The number of esters is 1. The van der Waals surface area contributed by atoms with Crippen LogP contribution in [0.2, 0.25) is 0 Å². The van der Waals surface area contributed by atoms with Gasteiger partial charge in [0.25, 0.3) is 0 Å². The predicted molar refractivity (Wildman–Crippen MR) is 99.1 cm³/mol. The minimum atomic E-state index is -0.465. The summed E-state index contributed by atoms with van der Waals surface area (Å²) in [6.45, 7) is 5.49. The lowest BCUT2D eigenvalue weighted by atomic mass is 10.0. The van der Waals surface area contributed by atoms with Crippen LogP contribution in [0.4, 0.5) is 0 Å². The van der Waals surface area contributed by atoms with Crippen LogP contribution in [0.15, 0.2) is 24.3 Å². The number of aryl methyl sites for hydroxylation is 1. The van der Waals surface area contributed by atoms with Crippen LogP contribution < -0.4 is 9.47 Å². The van der Waals surface area contributed by atoms with E-state index in [4.69, 9.17) is 14.2 Å². The van der Waals surface area contributed by atoms with E-state index in [0.717, 1.165) is 5.56 Å². The van der Waals surface area contributed by atoms with Crippen LogP contribution in [0.5, 0.6) is 11.5 Å². The Balaban J connectivity index is 2.31. The monoisotopic (exact) mass is 357 g/mol. The third-order valence-electron chi connectivity index (χ3n) is 4.02. The number of H-pyrrole nitrogens is 1. The lowest BCUT2D eigenvalue weighted by molar-refractivity contribution is 0.0519. The van der Waals surface area contributed by atoms with Crippen molar-refractivity contribution in [3.05, 3.63) is 52.4 Å². The third kappa shape index (κ3) is 3.96. The van der Waals surface area contributed by atoms with Gasteiger partial charge in [0.05, 0.1) is 20.8 Å². The van der Waals surface area contributed by atoms with Gasteiger partial charge < -0.3 is 19.2 Å². The van der Waals surface area contributed by atoms with Gasteiger partial charge >= 0.3 is 5.97 Å². The van der Waals surface area contributed by atoms with Crippen molar-refractivity contribution in [2.24, 2.45) is 0 Å². The molecule has 0 fully saturated rings. The second kappa shape index (κ2) is 8.38. The molecule has 138 valence electrons. The molecule has 6 heteroatoms. The van der Waals surface area contributed by atoms with Gasteiger partial charge in [0.1, 0.15) is 17.2 Å². The highest BCUT2D eigenvalue weighted by Crippen LogP contribution is 2.26. The van der Waals surface area contributed by atoms with E-state index in [2.05, 4.69) is 4.98 Å². The fourth-order valence-corrected chi connectivity index (χ4v) is 2.73. The molecule has 0 atom stereocenters. The third-order valence-corrected chi connectivity index (χ3v) is 4.02. The first kappa shape index (κ1) is 19.3. The second-order valence-electron chi connectivity index (χ2n) is 5.65. The number of hydrogen-bond donors (Lipinski definition) is 1. The van der Waals surface area contributed by atoms with E-state index < -0.39 is 5.97 Å². The van der Waals surface area contributed by atoms with Crippen molar-refractivity contribution in [3.63, 3.8) is 0 Å². The Labute approximate surface area is 152 Å². The zero-order valence-corrected chi connectivity index (χ0v) is 15.6. The highest BCUT2D eigenvalue weighted by Gasteiger charge is 2.21. The van der Waals surface area contributed by atoms with Crippen molar-refractivity contribution in [1.29, 1.82) is 0 Å². The molecule has 0 aliphatic rings. The van der Waals surface area contributed by atoms with Crippen molar-refractivity contribution in [2.45, 2.75) is 20.8 Å². The van der Waals surface area contributed by atoms with Crippen molar-refractivity contribution >= 4 is 17.8 Å². The van der Waals surface area contributed by atoms with Gasteiger partial charge in [-0.25, -0.2) is 4.79 Å². The van der Waals surface area contributed by atoms with Gasteiger partial charge in [-0.15, -0.1) is 0 Å². The van der Waals surface area contributed by atoms with E-state index >= 15 is 0 Å². The van der Waals surface area contributed by atoms with Crippen molar-refractivity contribution in [3.8, 4) is 11.5 Å². The van der Waals surface area contributed by atoms with Gasteiger partial charge in [-0.3, -0.25) is 4.79 Å². The van der Waals surface area contributed by atoms with Crippen LogP contribution in [0.25, 0.3) is 6.08 Å². The van der Waals surface area contributed by atoms with Crippen LogP contribution in [0.1, 0.15) is 44.6 Å². The van der Waals surface area contributed by atoms with Crippen LogP contribution in [-0.2, 0) is 4.74 Å². The summed E-state index contributed by atoms with van der Waals surface area (Å²) in [5.41, 5.74) is 2.73. The van der Waals surface area contributed by atoms with Crippen LogP contribution >= 0.6 is 0 Å². The molecule has 6 nitrogen and oxygen atoms in total. The number of ketones is 1. The maximum atomic E-state index is 12.7. The summed E-state index contributed by atoms with van der Waals surface area (Å²) in [4.78, 5) is 27.6. The molecule has 0 bridgehead atoms. The number of hydrogen-bond acceptors (Lipinski definition) is 5. The summed E-state index contributed by atoms with van der Waals surface area (Å²) >= 11 is 0. The summed E-state index contributed by atoms with van der Waals surface area (Å²) in [7, 11) is 3.13. The summed E-state index contributed by atoms with van der Waals surface area (Å²) < 4.78 is 15.5. The topological polar surface area (TPSA) is 77.6 Å². The van der Waals surface area contributed by atoms with Crippen molar-refractivity contribution in [2.75, 3.05) is 20.8 Å². The average molecular weight is 357 g/mol. The van der Waals surface area contributed by atoms with E-state index in [-0.39, 0.29) is 12.4 Å². The van der Waals surface area contributed by atoms with Crippen LogP contribution in [0, 0.1) is 13.8 Å². The van der Waals surface area contributed by atoms with Crippen LogP contribution in [0.3, 0.4) is 0 Å². The molecule has 0 unspecified atom stereocenters. The molecule has 0 aliphatic carbocycles. The zero-order valence-electron chi connectivity index (χ0n) is 15.6. The Morgan fingerprint density at radius 2 is 1.88 bits per heavy atom. The SMILES string of the molecule is CCOC(=O)c1[nH]c(C)c(C(=O)C=Cc2ccc(OC)cc2OC)c1C. The molecule has 26 heavy (non-hydrogen) atoms. The highest BCUT2D eigenvalue weighted by atomic mass is 16.5. The molecule has 1 aromatic carbocycles. The Hall–Kier alpha value is -3.02. The predicted octanol–water partition coefficient (Wildman–Crippen LogP) is 3.72. The fraction of sp³-hybridized carbons (Fsp3) is 0.300. The number of ether oxygens (including phenoxy) is 3. The van der Waals surface area contributed by atoms with Crippen LogP contribution in [-0.4, -0.2) is 37.6 Å². The summed E-state index contributed by atoms with van der Waals surface area (Å²) in [5, 5.41) is 0. The summed E-state index contributed by atoms with van der Waals surface area (Å²) in [5.74, 6) is 0.600. The maximum Gasteiger partial charge on any atom is 0.355 e. The fourth-order valence-electron chi connectivity index (χ4n) is 2.73. The normalized spacial score (nSPS) is 10.8. The number of methoxy groups -OCH3 is 2. The van der Waals surface area contributed by atoms with Crippen molar-refractivity contribution < 1.29 is 23.8 Å². The van der Waals surface area contributed by atoms with Gasteiger partial charge in [-0.1, -0.05) is 0 Å². The quantitative estimate of drug-likeness (QED) is 0.464. The van der Waals surface area contributed by atoms with Crippen molar-refractivity contribution in [1.82, 2.24) is 4.98 Å². The van der Waals surface area contributed by atoms with E-state index in [1.54, 1.807) is 53.2 Å². The maximum absolute atomic E-state index is 12.7. The van der Waals surface area contributed by atoms with E-state index in [1.165, 1.54) is 6.08 Å². The number of benzene rings is 1. The summed E-state index contributed by atoms with van der Waals surface area (Å²) in [6, 6.07) is 5.34. The minimum absolute atomic E-state index is 0.204. The molecule has 0 radical (unpaired) electrons. The zero-order chi connectivity index (χ0) is 19.3. The summed E-state index contributed by atoms with van der Waals surface area (Å²) in [6.07, 6.45) is 3.14. The number of carbonyl (C=O) groups excluding carboxylic acids is 2. The molecule has 0 amide bonds. The lowest BCUT2D eigenvalue weighted by Gasteiger charge is -2.07. The van der Waals surface area contributed by atoms with Gasteiger partial charge in [-0.05, 0) is 50.6 Å². The first-order chi connectivity index (χ1) is 12.4. The minimum Gasteiger partial charge on any atom is -0.497 e. The molecule has 0 saturated carbocycles. The molecule has 1 aromatic heterocycles. The van der Waals surface area contributed by atoms with Gasteiger partial charge in [-0.2, -0.15) is 0 Å². The molecule has 0 aliphatic heterocycles. The molecule has 2 aromatic rings. The Morgan fingerprint density at radius 3 is 2.50 bits per heavy atom. The first-order valence-electron chi connectivity index (χ1n) is 8.23. The van der Waals surface area contributed by atoms with E-state index in [1.807, 2.05) is 6.07 Å². The highest BCUT2D eigenvalue weighted by molar-refractivity contribution is 6.10. The average Bonchev–Trinajstić information content (AvgIpc) is 2.94. The molecular formula is C20H23NO5. The molecular weight excluding hydrogens is 334 g/mol. The van der Waals surface area contributed by atoms with E-state index in [9.17, 15) is 9.59 Å². The number of nitrogens with one attached hydrogen (secondary N) is 1. The molecule has 2 rings (SSSR count). The molecule has 1 heterocycles. The molecule has 0 saturated heterocycles. The Bertz CT molecular complexity index is 848. The smallest absolute Gasteiger partial charge is 0.355 e. The van der Waals surface area contributed by atoms with Gasteiger partial charge in [0, 0.05) is 22.9 Å².